The van der Waals surface area contributed by atoms with Crippen molar-refractivity contribution >= 4 is 11.8 Å². The van der Waals surface area contributed by atoms with Gasteiger partial charge in [-0.25, -0.2) is 4.79 Å². The Bertz CT molecular complexity index is 800. The third-order valence-electron chi connectivity index (χ3n) is 8.52. The summed E-state index contributed by atoms with van der Waals surface area (Å²) < 4.78 is 0. The first kappa shape index (κ1) is 17.3. The highest BCUT2D eigenvalue weighted by Gasteiger charge is 2.58. The minimum absolute atomic E-state index is 0.0277. The number of likely N-dealkylation sites (tertiary alicyclic amines) is 1. The zero-order valence-electron chi connectivity index (χ0n) is 16.7. The molecular weight excluding hydrogens is 336 g/mol. The number of hydrogen-bond donors (Lipinski definition) is 0. The Labute approximate surface area is 161 Å². The van der Waals surface area contributed by atoms with Gasteiger partial charge in [0.25, 0.3) is 0 Å². The maximum Gasteiger partial charge on any atom is 0.320 e. The molecule has 4 bridgehead atoms. The summed E-state index contributed by atoms with van der Waals surface area (Å²) in [5, 5.41) is 0. The van der Waals surface area contributed by atoms with E-state index in [1.807, 2.05) is 0 Å². The van der Waals surface area contributed by atoms with E-state index in [9.17, 15) is 9.59 Å². The molecule has 4 heteroatoms. The van der Waals surface area contributed by atoms with E-state index in [1.54, 1.807) is 0 Å². The molecule has 0 saturated carbocycles. The first-order chi connectivity index (χ1) is 12.8. The first-order valence-electron chi connectivity index (χ1n) is 10.5. The number of ketones is 1. The predicted molar refractivity (Wildman–Crippen MR) is 105 cm³/mol. The van der Waals surface area contributed by atoms with Crippen molar-refractivity contribution in [2.45, 2.75) is 82.8 Å². The van der Waals surface area contributed by atoms with Crippen LogP contribution in [0.15, 0.2) is 24.3 Å². The Kier molecular flexibility index (Phi) is 3.57. The van der Waals surface area contributed by atoms with E-state index < -0.39 is 0 Å². The number of Topliss-reactive ketones (excluding diaryl/α,β-unsaturated/α-hetero) is 1. The van der Waals surface area contributed by atoms with Crippen molar-refractivity contribution in [1.82, 2.24) is 9.80 Å². The van der Waals surface area contributed by atoms with Crippen LogP contribution in [0, 0.1) is 5.41 Å². The second-order valence-electron chi connectivity index (χ2n) is 9.90. The highest BCUT2D eigenvalue weighted by Crippen LogP contribution is 2.56. The van der Waals surface area contributed by atoms with Gasteiger partial charge in [-0.3, -0.25) is 4.79 Å². The fourth-order valence-electron chi connectivity index (χ4n) is 6.53. The van der Waals surface area contributed by atoms with Crippen LogP contribution in [0.2, 0.25) is 0 Å². The van der Waals surface area contributed by atoms with Crippen molar-refractivity contribution in [2.24, 2.45) is 5.41 Å². The number of rotatable bonds is 0. The maximum absolute atomic E-state index is 13.7. The number of piperidine rings is 2. The molecule has 2 unspecified atom stereocenters. The number of carbonyl (C=O) groups is 2. The quantitative estimate of drug-likeness (QED) is 0.698. The summed E-state index contributed by atoms with van der Waals surface area (Å²) in [6.07, 6.45) is 5.04. The molecule has 1 aromatic rings. The number of benzene rings is 1. The Hall–Kier alpha value is -1.84. The molecule has 144 valence electrons. The number of nitrogens with zero attached hydrogens (tertiary/aromatic N) is 2. The smallest absolute Gasteiger partial charge is 0.320 e. The van der Waals surface area contributed by atoms with Gasteiger partial charge in [0.05, 0.1) is 0 Å². The van der Waals surface area contributed by atoms with Gasteiger partial charge in [-0.05, 0) is 42.2 Å². The predicted octanol–water partition coefficient (Wildman–Crippen LogP) is 3.92. The van der Waals surface area contributed by atoms with E-state index in [4.69, 9.17) is 0 Å². The summed E-state index contributed by atoms with van der Waals surface area (Å²) in [6.45, 7) is 7.91. The Balaban J connectivity index is 1.50. The van der Waals surface area contributed by atoms with Crippen molar-refractivity contribution < 1.29 is 9.59 Å². The molecule has 3 fully saturated rings. The minimum Gasteiger partial charge on any atom is -0.321 e. The maximum atomic E-state index is 13.7. The Morgan fingerprint density at radius 3 is 2.41 bits per heavy atom. The van der Waals surface area contributed by atoms with Gasteiger partial charge >= 0.3 is 6.03 Å². The molecule has 0 aromatic heterocycles. The highest BCUT2D eigenvalue weighted by atomic mass is 16.2. The largest absolute Gasteiger partial charge is 0.321 e. The van der Waals surface area contributed by atoms with Gasteiger partial charge in [-0.1, -0.05) is 45.0 Å². The van der Waals surface area contributed by atoms with Crippen LogP contribution in [-0.4, -0.2) is 46.3 Å². The van der Waals surface area contributed by atoms with Gasteiger partial charge < -0.3 is 9.80 Å². The molecule has 3 aliphatic heterocycles. The standard InChI is InChI=1S/C23H30N2O2/c1-22(2)20-12-15-6-4-5-7-19(15)23(22,3)10-11-24(20)21(27)25-16-8-9-17(25)14-18(26)13-16/h4-7,16-17,20H,8-14H2,1-3H3/t16?,17?,20-,23+/m1/s1. The molecule has 1 aliphatic carbocycles. The van der Waals surface area contributed by atoms with Crippen molar-refractivity contribution in [1.29, 1.82) is 0 Å². The van der Waals surface area contributed by atoms with E-state index in [1.165, 1.54) is 11.1 Å². The number of hydrogen-bond acceptors (Lipinski definition) is 2. The van der Waals surface area contributed by atoms with E-state index >= 15 is 0 Å². The number of urea groups is 1. The molecule has 0 N–H and O–H groups in total. The van der Waals surface area contributed by atoms with E-state index in [2.05, 4.69) is 54.8 Å². The molecule has 0 spiro atoms. The SMILES string of the molecule is CC1(C)[C@H]2Cc3ccccc3[C@]1(C)CCN2C(=O)N1C2CCC1CC(=O)C2. The van der Waals surface area contributed by atoms with Crippen LogP contribution in [0.5, 0.6) is 0 Å². The molecular formula is C23H30N2O2. The minimum atomic E-state index is 0.0277. The van der Waals surface area contributed by atoms with Gasteiger partial charge in [0, 0.05) is 42.9 Å². The Morgan fingerprint density at radius 2 is 1.70 bits per heavy atom. The average Bonchev–Trinajstić information content (AvgIpc) is 2.89. The van der Waals surface area contributed by atoms with Crippen LogP contribution in [0.25, 0.3) is 0 Å². The van der Waals surface area contributed by atoms with E-state index in [0.29, 0.717) is 18.6 Å². The summed E-state index contributed by atoms with van der Waals surface area (Å²) in [5.74, 6) is 0.338. The van der Waals surface area contributed by atoms with Crippen molar-refractivity contribution in [3.8, 4) is 0 Å². The Morgan fingerprint density at radius 1 is 1.04 bits per heavy atom. The summed E-state index contributed by atoms with van der Waals surface area (Å²) in [7, 11) is 0. The van der Waals surface area contributed by atoms with Crippen LogP contribution < -0.4 is 0 Å². The van der Waals surface area contributed by atoms with E-state index in [0.717, 1.165) is 32.2 Å². The third-order valence-corrected chi connectivity index (χ3v) is 8.52. The lowest BCUT2D eigenvalue weighted by Gasteiger charge is -2.61. The summed E-state index contributed by atoms with van der Waals surface area (Å²) in [5.41, 5.74) is 3.00. The fourth-order valence-corrected chi connectivity index (χ4v) is 6.53. The molecule has 4 nitrogen and oxygen atoms in total. The van der Waals surface area contributed by atoms with Crippen molar-refractivity contribution in [3.63, 3.8) is 0 Å². The van der Waals surface area contributed by atoms with Crippen LogP contribution in [0.1, 0.15) is 64.0 Å². The zero-order chi connectivity index (χ0) is 19.0. The topological polar surface area (TPSA) is 40.6 Å². The lowest BCUT2D eigenvalue weighted by Crippen LogP contribution is -2.67. The van der Waals surface area contributed by atoms with Gasteiger partial charge in [0.15, 0.2) is 0 Å². The van der Waals surface area contributed by atoms with Crippen LogP contribution >= 0.6 is 0 Å². The molecule has 3 heterocycles. The zero-order valence-corrected chi connectivity index (χ0v) is 16.7. The molecule has 4 atom stereocenters. The number of fused-ring (bicyclic) bond motifs is 6. The lowest BCUT2D eigenvalue weighted by atomic mass is 9.51. The van der Waals surface area contributed by atoms with E-state index in [-0.39, 0.29) is 35.0 Å². The summed E-state index contributed by atoms with van der Waals surface area (Å²) in [4.78, 5) is 29.9. The number of amides is 2. The fraction of sp³-hybridized carbons (Fsp3) is 0.652. The summed E-state index contributed by atoms with van der Waals surface area (Å²) in [6, 6.07) is 9.49. The molecule has 27 heavy (non-hydrogen) atoms. The monoisotopic (exact) mass is 366 g/mol. The van der Waals surface area contributed by atoms with Crippen LogP contribution in [0.4, 0.5) is 4.79 Å². The average molecular weight is 367 g/mol. The molecule has 2 amide bonds. The molecule has 0 radical (unpaired) electrons. The number of carbonyl (C=O) groups excluding carboxylic acids is 2. The van der Waals surface area contributed by atoms with Gasteiger partial charge in [0.1, 0.15) is 5.78 Å². The molecule has 5 rings (SSSR count). The van der Waals surface area contributed by atoms with Crippen molar-refractivity contribution in [2.75, 3.05) is 6.54 Å². The third kappa shape index (κ3) is 2.22. The highest BCUT2D eigenvalue weighted by molar-refractivity contribution is 5.85. The van der Waals surface area contributed by atoms with Gasteiger partial charge in [0.2, 0.25) is 0 Å². The first-order valence-corrected chi connectivity index (χ1v) is 10.5. The van der Waals surface area contributed by atoms with Crippen molar-refractivity contribution in [3.05, 3.63) is 35.4 Å². The van der Waals surface area contributed by atoms with Crippen LogP contribution in [-0.2, 0) is 16.6 Å². The summed E-state index contributed by atoms with van der Waals surface area (Å²) >= 11 is 0. The molecule has 3 saturated heterocycles. The van der Waals surface area contributed by atoms with Gasteiger partial charge in [-0.15, -0.1) is 0 Å². The second kappa shape index (κ2) is 5.59. The normalized spacial score (nSPS) is 36.6. The molecule has 4 aliphatic rings. The lowest BCUT2D eigenvalue weighted by molar-refractivity contribution is -0.123. The second-order valence-corrected chi connectivity index (χ2v) is 9.90. The van der Waals surface area contributed by atoms with Crippen LogP contribution in [0.3, 0.4) is 0 Å². The van der Waals surface area contributed by atoms with Gasteiger partial charge in [-0.2, -0.15) is 0 Å². The molecule has 1 aromatic carbocycles.